The lowest BCUT2D eigenvalue weighted by Gasteiger charge is -2.67. The summed E-state index contributed by atoms with van der Waals surface area (Å²) in [7, 11) is 0. The van der Waals surface area contributed by atoms with Crippen molar-refractivity contribution in [3.8, 4) is 0 Å². The van der Waals surface area contributed by atoms with E-state index in [9.17, 15) is 39.3 Å². The van der Waals surface area contributed by atoms with Crippen LogP contribution < -0.4 is 5.32 Å². The molecule has 4 N–H and O–H groups in total. The van der Waals surface area contributed by atoms with E-state index >= 15 is 4.79 Å². The first kappa shape index (κ1) is 45.6. The molecule has 4 unspecified atom stereocenters. The summed E-state index contributed by atoms with van der Waals surface area (Å²) in [6.45, 7) is 13.6. The minimum Gasteiger partial charge on any atom is -0.456 e. The summed E-state index contributed by atoms with van der Waals surface area (Å²) in [6, 6.07) is 14.9. The Labute approximate surface area is 355 Å². The molecule has 330 valence electrons. The van der Waals surface area contributed by atoms with Crippen molar-refractivity contribution in [1.29, 1.82) is 0 Å². The molecule has 6 rings (SSSR count). The number of carbonyl (C=O) groups is 6. The third kappa shape index (κ3) is 8.01. The average molecular weight is 848 g/mol. The molecule has 1 amide bonds. The lowest BCUT2D eigenvalue weighted by atomic mass is 9.44. The summed E-state index contributed by atoms with van der Waals surface area (Å²) >= 11 is 0. The molecule has 2 aromatic carbocycles. The van der Waals surface area contributed by atoms with Crippen molar-refractivity contribution < 1.29 is 67.8 Å². The number of amides is 1. The molecule has 0 spiro atoms. The number of rotatable bonds is 10. The smallest absolute Gasteiger partial charge is 0.338 e. The van der Waals surface area contributed by atoms with Gasteiger partial charge >= 0.3 is 23.9 Å². The van der Waals surface area contributed by atoms with Crippen LogP contribution in [0.1, 0.15) is 104 Å². The maximum atomic E-state index is 15.5. The van der Waals surface area contributed by atoms with Gasteiger partial charge in [0.25, 0.3) is 0 Å². The van der Waals surface area contributed by atoms with Gasteiger partial charge in [-0.05, 0) is 48.1 Å². The van der Waals surface area contributed by atoms with Crippen molar-refractivity contribution in [2.75, 3.05) is 6.61 Å². The van der Waals surface area contributed by atoms with Crippen LogP contribution in [0.5, 0.6) is 0 Å². The number of benzene rings is 2. The summed E-state index contributed by atoms with van der Waals surface area (Å²) in [5.41, 5.74) is -7.60. The fraction of sp³-hybridized carbons (Fsp3) is 0.565. The van der Waals surface area contributed by atoms with Crippen molar-refractivity contribution in [3.63, 3.8) is 0 Å². The highest BCUT2D eigenvalue weighted by Crippen LogP contribution is 2.64. The number of hydrogen-bond acceptors (Lipinski definition) is 14. The van der Waals surface area contributed by atoms with Gasteiger partial charge in [0.05, 0.1) is 35.6 Å². The number of fused-ring (bicyclic) bond motifs is 5. The van der Waals surface area contributed by atoms with Crippen LogP contribution in [0.15, 0.2) is 71.8 Å². The normalized spacial score (nSPS) is 32.6. The largest absolute Gasteiger partial charge is 0.456 e. The van der Waals surface area contributed by atoms with Gasteiger partial charge < -0.3 is 44.3 Å². The lowest BCUT2D eigenvalue weighted by Crippen LogP contribution is -2.82. The molecule has 2 aromatic rings. The van der Waals surface area contributed by atoms with E-state index in [2.05, 4.69) is 5.32 Å². The fourth-order valence-corrected chi connectivity index (χ4v) is 10.1. The number of hydrogen-bond donors (Lipinski definition) is 4. The predicted molar refractivity (Wildman–Crippen MR) is 216 cm³/mol. The van der Waals surface area contributed by atoms with Gasteiger partial charge in [-0.2, -0.15) is 0 Å². The van der Waals surface area contributed by atoms with Crippen molar-refractivity contribution in [2.24, 2.45) is 22.2 Å². The monoisotopic (exact) mass is 847 g/mol. The Morgan fingerprint density at radius 1 is 0.918 bits per heavy atom. The summed E-state index contributed by atoms with van der Waals surface area (Å²) in [5.74, 6) is -6.63. The number of Topliss-reactive ketones (excluding diaryl/α,β-unsaturated/α-hetero) is 1. The van der Waals surface area contributed by atoms with Gasteiger partial charge in [0.2, 0.25) is 5.91 Å². The highest BCUT2D eigenvalue weighted by Gasteiger charge is 2.78. The molecule has 1 aliphatic heterocycles. The minimum absolute atomic E-state index is 0.00739. The Morgan fingerprint density at radius 3 is 2.07 bits per heavy atom. The first-order chi connectivity index (χ1) is 28.4. The number of esters is 4. The number of ether oxygens (including phenoxy) is 5. The van der Waals surface area contributed by atoms with E-state index in [1.165, 1.54) is 26.0 Å². The van der Waals surface area contributed by atoms with Crippen LogP contribution >= 0.6 is 0 Å². The number of aliphatic hydroxyl groups is 3. The average Bonchev–Trinajstić information content (AvgIpc) is 3.17. The van der Waals surface area contributed by atoms with Crippen molar-refractivity contribution in [3.05, 3.63) is 82.9 Å². The predicted octanol–water partition coefficient (Wildman–Crippen LogP) is 3.86. The third-order valence-electron chi connectivity index (χ3n) is 13.2. The van der Waals surface area contributed by atoms with E-state index in [1.54, 1.807) is 62.4 Å². The Morgan fingerprint density at radius 2 is 1.52 bits per heavy atom. The minimum atomic E-state index is -2.38. The highest BCUT2D eigenvalue weighted by atomic mass is 16.6. The number of carbonyl (C=O) groups excluding carboxylic acids is 6. The second kappa shape index (κ2) is 16.4. The third-order valence-corrected chi connectivity index (χ3v) is 13.2. The zero-order valence-corrected chi connectivity index (χ0v) is 36.1. The zero-order chi connectivity index (χ0) is 45.0. The van der Waals surface area contributed by atoms with E-state index in [4.69, 9.17) is 23.7 Å². The maximum Gasteiger partial charge on any atom is 0.338 e. The molecular formula is C46H57NO14. The lowest BCUT2D eigenvalue weighted by molar-refractivity contribution is -0.346. The zero-order valence-electron chi connectivity index (χ0n) is 36.1. The van der Waals surface area contributed by atoms with Crippen molar-refractivity contribution in [1.82, 2.24) is 5.32 Å². The van der Waals surface area contributed by atoms with Gasteiger partial charge in [0, 0.05) is 38.5 Å². The molecule has 0 radical (unpaired) electrons. The van der Waals surface area contributed by atoms with Gasteiger partial charge in [-0.1, -0.05) is 83.1 Å². The first-order valence-corrected chi connectivity index (χ1v) is 20.5. The molecule has 2 saturated carbocycles. The van der Waals surface area contributed by atoms with Crippen LogP contribution in [0, 0.1) is 22.2 Å². The quantitative estimate of drug-likeness (QED) is 0.152. The van der Waals surface area contributed by atoms with Crippen molar-refractivity contribution in [2.45, 2.75) is 135 Å². The summed E-state index contributed by atoms with van der Waals surface area (Å²) in [5, 5.41) is 40.2. The van der Waals surface area contributed by atoms with Crippen LogP contribution in [-0.2, 0) is 47.7 Å². The van der Waals surface area contributed by atoms with E-state index in [0.29, 0.717) is 5.56 Å². The standard InChI is InChI=1S/C46H57NO14/c1-24-29(59-41(55)35(52)34(27-16-12-10-13-17-27)47-32(51)22-42(4,5)6)21-46(56)39(60-40(54)28-18-14-11-15-19-28)37-44(9,30(50)20-31-45(37,23-57-31)61-26(3)49)38(53)36(58-25(2)48)33(24)43(46,7)8/h10-19,29-31,34-37,39,50,52,56H,20-23H2,1-9H3,(H,47,51)/t29?,30-,31?,34-,35?,36+,37?,39-,44+,45-,46+/m0/s1. The van der Waals surface area contributed by atoms with Gasteiger partial charge in [-0.15, -0.1) is 0 Å². The second-order valence-electron chi connectivity index (χ2n) is 18.8. The molecule has 2 bridgehead atoms. The van der Waals surface area contributed by atoms with E-state index in [-0.39, 0.29) is 36.2 Å². The van der Waals surface area contributed by atoms with Gasteiger partial charge in [-0.3, -0.25) is 19.2 Å². The fourth-order valence-electron chi connectivity index (χ4n) is 10.1. The molecule has 11 atom stereocenters. The highest BCUT2D eigenvalue weighted by molar-refractivity contribution is 5.95. The van der Waals surface area contributed by atoms with E-state index in [0.717, 1.165) is 13.8 Å². The molecule has 3 aliphatic carbocycles. The number of ketones is 1. The van der Waals surface area contributed by atoms with Crippen LogP contribution in [0.3, 0.4) is 0 Å². The Kier molecular flexibility index (Phi) is 12.2. The van der Waals surface area contributed by atoms with Gasteiger partial charge in [0.1, 0.15) is 23.9 Å². The first-order valence-electron chi connectivity index (χ1n) is 20.5. The SMILES string of the molecule is CC(=O)O[C@H]1C(=O)[C@@]2(C)C([C@H](OC(=O)c3ccccc3)[C@]3(O)CC(OC(=O)C(O)[C@@H](NC(=O)CC(C)(C)C)c4ccccc4)C(C)=C1C3(C)C)[C@]1(OC(C)=O)COC1C[C@@H]2O. The number of nitrogens with one attached hydrogen (secondary N) is 1. The van der Waals surface area contributed by atoms with Crippen LogP contribution in [0.4, 0.5) is 0 Å². The Balaban J connectivity index is 1.54. The van der Waals surface area contributed by atoms with Gasteiger partial charge in [0.15, 0.2) is 23.6 Å². The summed E-state index contributed by atoms with van der Waals surface area (Å²) in [4.78, 5) is 83.2. The molecule has 4 aliphatic rings. The van der Waals surface area contributed by atoms with Crippen LogP contribution in [0.2, 0.25) is 0 Å². The molecule has 1 heterocycles. The second-order valence-corrected chi connectivity index (χ2v) is 18.8. The van der Waals surface area contributed by atoms with E-state index < -0.39 is 118 Å². The molecule has 61 heavy (non-hydrogen) atoms. The summed E-state index contributed by atoms with van der Waals surface area (Å²) < 4.78 is 30.3. The van der Waals surface area contributed by atoms with Gasteiger partial charge in [-0.25, -0.2) is 9.59 Å². The maximum absolute atomic E-state index is 15.5. The molecule has 15 nitrogen and oxygen atoms in total. The molecule has 3 fully saturated rings. The molecule has 0 aromatic heterocycles. The summed E-state index contributed by atoms with van der Waals surface area (Å²) in [6.07, 6.45) is -10.3. The number of aliphatic hydroxyl groups excluding tert-OH is 2. The Hall–Kier alpha value is -4.96. The Bertz CT molecular complexity index is 2090. The molecular weight excluding hydrogens is 790 g/mol. The van der Waals surface area contributed by atoms with Crippen LogP contribution in [-0.4, -0.2) is 105 Å². The van der Waals surface area contributed by atoms with E-state index in [1.807, 2.05) is 20.8 Å². The molecule has 15 heteroatoms. The van der Waals surface area contributed by atoms with Crippen LogP contribution in [0.25, 0.3) is 0 Å². The van der Waals surface area contributed by atoms with Crippen molar-refractivity contribution >= 4 is 35.6 Å². The molecule has 1 saturated heterocycles. The topological polar surface area (TPSA) is 221 Å².